The van der Waals surface area contributed by atoms with Gasteiger partial charge in [0.05, 0.1) is 37.1 Å². The van der Waals surface area contributed by atoms with Gasteiger partial charge in [-0.1, -0.05) is 6.07 Å². The first-order valence-corrected chi connectivity index (χ1v) is 10.8. The van der Waals surface area contributed by atoms with E-state index in [4.69, 9.17) is 19.4 Å². The molecule has 7 nitrogen and oxygen atoms in total. The van der Waals surface area contributed by atoms with Crippen molar-refractivity contribution in [3.05, 3.63) is 52.0 Å². The molecular formula is C21H23F3N2O5S. The van der Waals surface area contributed by atoms with Crippen molar-refractivity contribution >= 4 is 23.2 Å². The topological polar surface area (TPSA) is 89.0 Å². The van der Waals surface area contributed by atoms with E-state index in [0.717, 1.165) is 29.8 Å². The van der Waals surface area contributed by atoms with Crippen molar-refractivity contribution in [2.45, 2.75) is 44.3 Å². The Bertz CT molecular complexity index is 930. The lowest BCUT2D eigenvalue weighted by atomic mass is 9.84. The molecule has 2 saturated heterocycles. The first-order chi connectivity index (χ1) is 15.1. The number of rotatable bonds is 4. The van der Waals surface area contributed by atoms with Gasteiger partial charge in [-0.25, -0.2) is 4.79 Å². The first kappa shape index (κ1) is 24.1. The highest BCUT2D eigenvalue weighted by Crippen LogP contribution is 2.36. The molecule has 1 unspecified atom stereocenters. The molecule has 2 aliphatic heterocycles. The van der Waals surface area contributed by atoms with Crippen LogP contribution in [-0.2, 0) is 20.9 Å². The van der Waals surface area contributed by atoms with Crippen LogP contribution in [0, 0.1) is 6.92 Å². The van der Waals surface area contributed by atoms with Crippen LogP contribution < -0.4 is 0 Å². The summed E-state index contributed by atoms with van der Waals surface area (Å²) in [4.78, 5) is 27.6. The minimum Gasteiger partial charge on any atom is -0.475 e. The molecule has 0 bridgehead atoms. The number of hydrogen-bond donors (Lipinski definition) is 1. The second-order valence-corrected chi connectivity index (χ2v) is 8.48. The number of hydrogen-bond acceptors (Lipinski definition) is 6. The van der Waals surface area contributed by atoms with E-state index in [1.165, 1.54) is 0 Å². The number of amides is 1. The van der Waals surface area contributed by atoms with Crippen molar-refractivity contribution in [2.75, 3.05) is 19.7 Å². The molecule has 4 heterocycles. The standard InChI is InChI=1S/C19H22N2O3S.C2HF3O2/c1-14-3-2-4-16(20-14)10-23-17-5-7-24-19(9-17)12-21(13-19)18(22)15-6-8-25-11-15;3-2(4,5)1(6)7/h2-4,6,8,11,17H,5,7,9-10,12-13H2,1H3;(H,6,7). The van der Waals surface area contributed by atoms with E-state index in [9.17, 15) is 18.0 Å². The molecule has 2 aromatic rings. The third-order valence-electron chi connectivity index (χ3n) is 5.12. The van der Waals surface area contributed by atoms with Crippen LogP contribution >= 0.6 is 11.3 Å². The summed E-state index contributed by atoms with van der Waals surface area (Å²) in [6.45, 7) is 4.52. The van der Waals surface area contributed by atoms with Gasteiger partial charge >= 0.3 is 12.1 Å². The normalized spacial score (nSPS) is 19.6. The zero-order valence-corrected chi connectivity index (χ0v) is 18.1. The smallest absolute Gasteiger partial charge is 0.475 e. The predicted octanol–water partition coefficient (Wildman–Crippen LogP) is 3.68. The van der Waals surface area contributed by atoms with Crippen LogP contribution in [0.25, 0.3) is 0 Å². The summed E-state index contributed by atoms with van der Waals surface area (Å²) < 4.78 is 43.8. The lowest BCUT2D eigenvalue weighted by Crippen LogP contribution is -2.67. The summed E-state index contributed by atoms with van der Waals surface area (Å²) in [5.74, 6) is -2.66. The monoisotopic (exact) mass is 472 g/mol. The van der Waals surface area contributed by atoms with Gasteiger partial charge in [0.2, 0.25) is 0 Å². The molecule has 32 heavy (non-hydrogen) atoms. The molecule has 0 radical (unpaired) electrons. The molecule has 1 N–H and O–H groups in total. The molecule has 2 aromatic heterocycles. The molecule has 0 aromatic carbocycles. The van der Waals surface area contributed by atoms with Crippen molar-refractivity contribution < 1.29 is 37.3 Å². The fourth-order valence-electron chi connectivity index (χ4n) is 3.59. The van der Waals surface area contributed by atoms with Crippen molar-refractivity contribution in [3.63, 3.8) is 0 Å². The van der Waals surface area contributed by atoms with Gasteiger partial charge in [0.1, 0.15) is 5.60 Å². The lowest BCUT2D eigenvalue weighted by molar-refractivity contribution is -0.192. The molecule has 1 amide bonds. The number of carbonyl (C=O) groups is 2. The van der Waals surface area contributed by atoms with Gasteiger partial charge in [0.25, 0.3) is 5.91 Å². The van der Waals surface area contributed by atoms with Crippen LogP contribution in [0.1, 0.15) is 34.6 Å². The summed E-state index contributed by atoms with van der Waals surface area (Å²) in [5, 5.41) is 11.0. The van der Waals surface area contributed by atoms with Gasteiger partial charge in [-0.2, -0.15) is 24.5 Å². The number of carbonyl (C=O) groups excluding carboxylic acids is 1. The van der Waals surface area contributed by atoms with E-state index in [1.54, 1.807) is 11.3 Å². The fraction of sp³-hybridized carbons (Fsp3) is 0.476. The number of carboxylic acid groups (broad SMARTS) is 1. The molecule has 11 heteroatoms. The summed E-state index contributed by atoms with van der Waals surface area (Å²) in [7, 11) is 0. The van der Waals surface area contributed by atoms with E-state index in [-0.39, 0.29) is 17.6 Å². The van der Waals surface area contributed by atoms with Crippen LogP contribution in [0.3, 0.4) is 0 Å². The molecule has 0 aliphatic carbocycles. The number of nitrogens with zero attached hydrogens (tertiary/aromatic N) is 2. The summed E-state index contributed by atoms with van der Waals surface area (Å²) >= 11 is 1.55. The second kappa shape index (κ2) is 9.97. The number of halogens is 3. The minimum atomic E-state index is -5.08. The minimum absolute atomic E-state index is 0.0995. The number of ether oxygens (including phenoxy) is 2. The van der Waals surface area contributed by atoms with Crippen molar-refractivity contribution in [1.29, 1.82) is 0 Å². The van der Waals surface area contributed by atoms with Crippen LogP contribution in [0.5, 0.6) is 0 Å². The first-order valence-electron chi connectivity index (χ1n) is 9.88. The fourth-order valence-corrected chi connectivity index (χ4v) is 4.22. The van der Waals surface area contributed by atoms with Crippen LogP contribution in [-0.4, -0.2) is 64.4 Å². The van der Waals surface area contributed by atoms with E-state index in [1.807, 2.05) is 46.8 Å². The number of alkyl halides is 3. The Morgan fingerprint density at radius 3 is 2.66 bits per heavy atom. The average Bonchev–Trinajstić information content (AvgIpc) is 3.25. The SMILES string of the molecule is Cc1cccc(COC2CCOC3(C2)CN(C(=O)c2ccsc2)C3)n1.O=C(O)C(F)(F)F. The maximum absolute atomic E-state index is 12.4. The highest BCUT2D eigenvalue weighted by Gasteiger charge is 2.49. The van der Waals surface area contributed by atoms with Gasteiger partial charge < -0.3 is 19.5 Å². The third kappa shape index (κ3) is 6.27. The third-order valence-corrected chi connectivity index (χ3v) is 5.80. The highest BCUT2D eigenvalue weighted by molar-refractivity contribution is 7.08. The molecule has 1 atom stereocenters. The van der Waals surface area contributed by atoms with Gasteiger partial charge in [-0.3, -0.25) is 9.78 Å². The molecule has 0 saturated carbocycles. The van der Waals surface area contributed by atoms with Crippen LogP contribution in [0.15, 0.2) is 35.0 Å². The Morgan fingerprint density at radius 1 is 1.34 bits per heavy atom. The van der Waals surface area contributed by atoms with Crippen LogP contribution in [0.2, 0.25) is 0 Å². The van der Waals surface area contributed by atoms with Crippen molar-refractivity contribution in [2.24, 2.45) is 0 Å². The zero-order valence-electron chi connectivity index (χ0n) is 17.3. The molecule has 174 valence electrons. The molecular weight excluding hydrogens is 449 g/mol. The number of carboxylic acids is 1. The lowest BCUT2D eigenvalue weighted by Gasteiger charge is -2.52. The number of pyridine rings is 1. The van der Waals surface area contributed by atoms with E-state index in [2.05, 4.69) is 4.98 Å². The van der Waals surface area contributed by atoms with E-state index in [0.29, 0.717) is 26.3 Å². The van der Waals surface area contributed by atoms with Gasteiger partial charge in [-0.05, 0) is 36.9 Å². The Labute approximate surface area is 186 Å². The number of aliphatic carboxylic acids is 1. The average molecular weight is 472 g/mol. The molecule has 1 spiro atoms. The Balaban J connectivity index is 0.000000360. The molecule has 2 aliphatic rings. The Kier molecular flexibility index (Phi) is 7.52. The Hall–Kier alpha value is -2.50. The van der Waals surface area contributed by atoms with Gasteiger partial charge in [-0.15, -0.1) is 0 Å². The zero-order chi connectivity index (χ0) is 23.4. The quantitative estimate of drug-likeness (QED) is 0.731. The number of aryl methyl sites for hydroxylation is 1. The van der Waals surface area contributed by atoms with Gasteiger partial charge in [0, 0.05) is 24.1 Å². The summed E-state index contributed by atoms with van der Waals surface area (Å²) in [5.41, 5.74) is 2.51. The molecule has 2 fully saturated rings. The largest absolute Gasteiger partial charge is 0.490 e. The summed E-state index contributed by atoms with van der Waals surface area (Å²) in [6, 6.07) is 7.86. The molecule has 4 rings (SSSR count). The maximum atomic E-state index is 12.4. The predicted molar refractivity (Wildman–Crippen MR) is 109 cm³/mol. The maximum Gasteiger partial charge on any atom is 0.490 e. The van der Waals surface area contributed by atoms with Gasteiger partial charge in [0.15, 0.2) is 0 Å². The van der Waals surface area contributed by atoms with Crippen molar-refractivity contribution in [1.82, 2.24) is 9.88 Å². The number of likely N-dealkylation sites (tertiary alicyclic amines) is 1. The van der Waals surface area contributed by atoms with E-state index < -0.39 is 12.1 Å². The van der Waals surface area contributed by atoms with Crippen molar-refractivity contribution in [3.8, 4) is 0 Å². The Morgan fingerprint density at radius 2 is 2.06 bits per heavy atom. The number of thiophene rings is 1. The second-order valence-electron chi connectivity index (χ2n) is 7.70. The highest BCUT2D eigenvalue weighted by atomic mass is 32.1. The number of aromatic nitrogens is 1. The van der Waals surface area contributed by atoms with Crippen LogP contribution in [0.4, 0.5) is 13.2 Å². The summed E-state index contributed by atoms with van der Waals surface area (Å²) in [6.07, 6.45) is -3.19. The van der Waals surface area contributed by atoms with E-state index >= 15 is 0 Å².